The van der Waals surface area contributed by atoms with Crippen LogP contribution >= 0.6 is 11.6 Å². The molecule has 3 N–H and O–H groups in total. The molecular weight excluding hydrogens is 296 g/mol. The first-order valence-corrected chi connectivity index (χ1v) is 6.75. The van der Waals surface area contributed by atoms with E-state index in [1.54, 1.807) is 24.3 Å². The van der Waals surface area contributed by atoms with Crippen molar-refractivity contribution in [3.05, 3.63) is 29.3 Å². The predicted molar refractivity (Wildman–Crippen MR) is 77.6 cm³/mol. The average Bonchev–Trinajstić information content (AvgIpc) is 2.87. The van der Waals surface area contributed by atoms with Gasteiger partial charge in [-0.2, -0.15) is 0 Å². The fourth-order valence-electron chi connectivity index (χ4n) is 2.07. The highest BCUT2D eigenvalue weighted by Crippen LogP contribution is 2.26. The van der Waals surface area contributed by atoms with E-state index in [1.807, 2.05) is 0 Å². The maximum Gasteiger partial charge on any atom is 0.333 e. The molecule has 0 spiro atoms. The van der Waals surface area contributed by atoms with E-state index in [2.05, 4.69) is 16.2 Å². The van der Waals surface area contributed by atoms with Gasteiger partial charge in [0.1, 0.15) is 5.92 Å². The Balaban J connectivity index is 1.99. The van der Waals surface area contributed by atoms with E-state index in [9.17, 15) is 14.4 Å². The van der Waals surface area contributed by atoms with Crippen LogP contribution in [0.4, 0.5) is 10.5 Å². The van der Waals surface area contributed by atoms with Gasteiger partial charge in [0.15, 0.2) is 0 Å². The van der Waals surface area contributed by atoms with Gasteiger partial charge in [-0.25, -0.2) is 10.2 Å². The lowest BCUT2D eigenvalue weighted by atomic mass is 10.1. The van der Waals surface area contributed by atoms with E-state index >= 15 is 0 Å². The fourth-order valence-corrected chi connectivity index (χ4v) is 2.19. The second kappa shape index (κ2) is 6.45. The number of nitrogens with one attached hydrogen (secondary N) is 3. The van der Waals surface area contributed by atoms with Gasteiger partial charge in [0.25, 0.3) is 5.91 Å². The van der Waals surface area contributed by atoms with Crippen molar-refractivity contribution in [3.8, 4) is 0 Å². The molecule has 0 bridgehead atoms. The van der Waals surface area contributed by atoms with Crippen molar-refractivity contribution in [3.63, 3.8) is 0 Å². The predicted octanol–water partition coefficient (Wildman–Crippen LogP) is 0.653. The second-order valence-corrected chi connectivity index (χ2v) is 4.94. The van der Waals surface area contributed by atoms with E-state index in [0.717, 1.165) is 0 Å². The summed E-state index contributed by atoms with van der Waals surface area (Å²) in [6.07, 6.45) is 0.392. The molecule has 1 heterocycles. The molecule has 1 fully saturated rings. The summed E-state index contributed by atoms with van der Waals surface area (Å²) in [5.41, 5.74) is 5.06. The molecule has 1 aromatic rings. The Kier molecular flexibility index (Phi) is 4.64. The summed E-state index contributed by atoms with van der Waals surface area (Å²) >= 11 is 5.80. The van der Waals surface area contributed by atoms with Crippen LogP contribution in [-0.4, -0.2) is 31.4 Å². The average molecular weight is 311 g/mol. The highest BCUT2D eigenvalue weighted by atomic mass is 35.5. The summed E-state index contributed by atoms with van der Waals surface area (Å²) in [5, 5.41) is 2.87. The Labute approximate surface area is 126 Å². The van der Waals surface area contributed by atoms with Crippen molar-refractivity contribution in [2.75, 3.05) is 18.5 Å². The summed E-state index contributed by atoms with van der Waals surface area (Å²) in [6, 6.07) is 6.27. The van der Waals surface area contributed by atoms with Gasteiger partial charge in [-0.15, -0.1) is 0 Å². The first kappa shape index (κ1) is 15.1. The number of halogens is 1. The third-order valence-electron chi connectivity index (χ3n) is 3.19. The maximum absolute atomic E-state index is 12.3. The number of rotatable bonds is 2. The SMILES string of the molecule is CNC(=O)NNC(=O)C1CCN(c2ccc(Cl)cc2)C1=O. The number of hydrazine groups is 1. The molecule has 1 aliphatic heterocycles. The van der Waals surface area contributed by atoms with E-state index in [4.69, 9.17) is 11.6 Å². The van der Waals surface area contributed by atoms with Gasteiger partial charge in [0, 0.05) is 24.3 Å². The minimum absolute atomic E-state index is 0.298. The Hall–Kier alpha value is -2.28. The van der Waals surface area contributed by atoms with Gasteiger partial charge < -0.3 is 10.2 Å². The van der Waals surface area contributed by atoms with Crippen LogP contribution in [0.3, 0.4) is 0 Å². The molecule has 1 saturated heterocycles. The van der Waals surface area contributed by atoms with Crippen LogP contribution in [0.5, 0.6) is 0 Å². The van der Waals surface area contributed by atoms with Gasteiger partial charge in [-0.1, -0.05) is 11.6 Å². The van der Waals surface area contributed by atoms with Gasteiger partial charge in [0.2, 0.25) is 5.91 Å². The number of urea groups is 1. The molecule has 0 radical (unpaired) electrons. The van der Waals surface area contributed by atoms with E-state index in [1.165, 1.54) is 11.9 Å². The Bertz CT molecular complexity index is 561. The smallest absolute Gasteiger partial charge is 0.333 e. The molecule has 2 rings (SSSR count). The van der Waals surface area contributed by atoms with Crippen LogP contribution in [0, 0.1) is 5.92 Å². The third kappa shape index (κ3) is 3.43. The number of hydrogen-bond donors (Lipinski definition) is 3. The molecular formula is C13H15ClN4O3. The molecule has 1 atom stereocenters. The van der Waals surface area contributed by atoms with Gasteiger partial charge in [-0.05, 0) is 30.7 Å². The molecule has 1 unspecified atom stereocenters. The standard InChI is InChI=1S/C13H15ClN4O3/c1-15-13(21)17-16-11(19)10-6-7-18(12(10)20)9-4-2-8(14)3-5-9/h2-5,10H,6-7H2,1H3,(H,16,19)(H2,15,17,21). The highest BCUT2D eigenvalue weighted by molar-refractivity contribution is 6.30. The first-order valence-electron chi connectivity index (χ1n) is 6.37. The number of amides is 4. The number of benzene rings is 1. The van der Waals surface area contributed by atoms with Crippen molar-refractivity contribution in [2.45, 2.75) is 6.42 Å². The second-order valence-electron chi connectivity index (χ2n) is 4.50. The Morgan fingerprint density at radius 2 is 1.90 bits per heavy atom. The van der Waals surface area contributed by atoms with Gasteiger partial charge in [-0.3, -0.25) is 15.0 Å². The fraction of sp³-hybridized carbons (Fsp3) is 0.308. The largest absolute Gasteiger partial charge is 0.340 e. The van der Waals surface area contributed by atoms with E-state index in [0.29, 0.717) is 23.7 Å². The van der Waals surface area contributed by atoms with Crippen molar-refractivity contribution in [1.82, 2.24) is 16.2 Å². The van der Waals surface area contributed by atoms with Gasteiger partial charge in [0.05, 0.1) is 0 Å². The van der Waals surface area contributed by atoms with Crippen LogP contribution in [0.25, 0.3) is 0 Å². The zero-order valence-electron chi connectivity index (χ0n) is 11.4. The molecule has 0 aliphatic carbocycles. The topological polar surface area (TPSA) is 90.5 Å². The summed E-state index contributed by atoms with van der Waals surface area (Å²) < 4.78 is 0. The maximum atomic E-state index is 12.3. The quantitative estimate of drug-likeness (QED) is 0.553. The Morgan fingerprint density at radius 3 is 2.52 bits per heavy atom. The lowest BCUT2D eigenvalue weighted by molar-refractivity contribution is -0.132. The van der Waals surface area contributed by atoms with Gasteiger partial charge >= 0.3 is 6.03 Å². The third-order valence-corrected chi connectivity index (χ3v) is 3.44. The van der Waals surface area contributed by atoms with Crippen LogP contribution < -0.4 is 21.1 Å². The minimum atomic E-state index is -0.808. The first-order chi connectivity index (χ1) is 10.0. The minimum Gasteiger partial charge on any atom is -0.340 e. The zero-order chi connectivity index (χ0) is 15.4. The van der Waals surface area contributed by atoms with Crippen molar-refractivity contribution >= 4 is 35.1 Å². The molecule has 4 amide bonds. The van der Waals surface area contributed by atoms with Crippen LogP contribution in [0.1, 0.15) is 6.42 Å². The van der Waals surface area contributed by atoms with E-state index < -0.39 is 17.9 Å². The molecule has 7 nitrogen and oxygen atoms in total. The summed E-state index contributed by atoms with van der Waals surface area (Å²) in [4.78, 5) is 36.6. The lowest BCUT2D eigenvalue weighted by Crippen LogP contribution is -2.49. The summed E-state index contributed by atoms with van der Waals surface area (Å²) in [5.74, 6) is -1.63. The number of carbonyl (C=O) groups excluding carboxylic acids is 3. The van der Waals surface area contributed by atoms with Crippen LogP contribution in [0.2, 0.25) is 5.02 Å². The lowest BCUT2D eigenvalue weighted by Gasteiger charge is -2.16. The zero-order valence-corrected chi connectivity index (χ0v) is 12.1. The molecule has 0 saturated carbocycles. The van der Waals surface area contributed by atoms with Crippen LogP contribution in [0.15, 0.2) is 24.3 Å². The molecule has 8 heteroatoms. The molecule has 21 heavy (non-hydrogen) atoms. The number of nitrogens with zero attached hydrogens (tertiary/aromatic N) is 1. The summed E-state index contributed by atoms with van der Waals surface area (Å²) in [7, 11) is 1.42. The van der Waals surface area contributed by atoms with E-state index in [-0.39, 0.29) is 5.91 Å². The van der Waals surface area contributed by atoms with Crippen molar-refractivity contribution < 1.29 is 14.4 Å². The van der Waals surface area contributed by atoms with Crippen molar-refractivity contribution in [2.24, 2.45) is 5.92 Å². The normalized spacial score (nSPS) is 17.5. The van der Waals surface area contributed by atoms with Crippen LogP contribution in [-0.2, 0) is 9.59 Å². The van der Waals surface area contributed by atoms with Crippen molar-refractivity contribution in [1.29, 1.82) is 0 Å². The summed E-state index contributed by atoms with van der Waals surface area (Å²) in [6.45, 7) is 0.443. The Morgan fingerprint density at radius 1 is 1.24 bits per heavy atom. The molecule has 0 aromatic heterocycles. The highest BCUT2D eigenvalue weighted by Gasteiger charge is 2.37. The number of anilines is 1. The molecule has 1 aliphatic rings. The number of hydrogen-bond acceptors (Lipinski definition) is 3. The molecule has 112 valence electrons. The number of carbonyl (C=O) groups is 3. The molecule has 1 aromatic carbocycles. The monoisotopic (exact) mass is 310 g/mol.